The maximum Gasteiger partial charge on any atom is 0.0593 e. The lowest BCUT2D eigenvalue weighted by Gasteiger charge is -2.47. The lowest BCUT2D eigenvalue weighted by Crippen LogP contribution is -2.64. The normalized spacial score (nSPS) is 23.4. The van der Waals surface area contributed by atoms with Crippen LogP contribution in [0.25, 0.3) is 0 Å². The Labute approximate surface area is 126 Å². The van der Waals surface area contributed by atoms with Crippen molar-refractivity contribution in [3.05, 3.63) is 0 Å². The van der Waals surface area contributed by atoms with Gasteiger partial charge in [0.15, 0.2) is 0 Å². The van der Waals surface area contributed by atoms with Gasteiger partial charge in [-0.3, -0.25) is 4.90 Å². The summed E-state index contributed by atoms with van der Waals surface area (Å²) in [7, 11) is 0. The summed E-state index contributed by atoms with van der Waals surface area (Å²) in [5.41, 5.74) is 0.322. The van der Waals surface area contributed by atoms with E-state index >= 15 is 0 Å². The third kappa shape index (κ3) is 5.34. The molecule has 0 saturated carbocycles. The second kappa shape index (κ2) is 9.01. The molecule has 1 aliphatic heterocycles. The summed E-state index contributed by atoms with van der Waals surface area (Å²) in [6, 6.07) is 0.689. The van der Waals surface area contributed by atoms with E-state index in [1.807, 2.05) is 0 Å². The van der Waals surface area contributed by atoms with E-state index in [1.165, 1.54) is 32.2 Å². The molecule has 0 aromatic carbocycles. The molecular weight excluding hydrogens is 248 g/mol. The number of ether oxygens (including phenoxy) is 1. The van der Waals surface area contributed by atoms with Gasteiger partial charge < -0.3 is 10.1 Å². The highest BCUT2D eigenvalue weighted by Crippen LogP contribution is 2.24. The van der Waals surface area contributed by atoms with Gasteiger partial charge in [-0.05, 0) is 25.2 Å². The number of hydrogen-bond acceptors (Lipinski definition) is 3. The zero-order chi connectivity index (χ0) is 15.0. The van der Waals surface area contributed by atoms with E-state index < -0.39 is 0 Å². The van der Waals surface area contributed by atoms with E-state index in [4.69, 9.17) is 4.74 Å². The number of nitrogens with zero attached hydrogens (tertiary/aromatic N) is 1. The van der Waals surface area contributed by atoms with Crippen molar-refractivity contribution in [2.75, 3.05) is 32.8 Å². The highest BCUT2D eigenvalue weighted by atomic mass is 16.5. The van der Waals surface area contributed by atoms with E-state index in [9.17, 15) is 0 Å². The molecule has 0 aromatic rings. The Morgan fingerprint density at radius 1 is 1.25 bits per heavy atom. The number of nitrogens with one attached hydrogen (secondary N) is 1. The van der Waals surface area contributed by atoms with Gasteiger partial charge >= 0.3 is 0 Å². The molecule has 0 radical (unpaired) electrons. The van der Waals surface area contributed by atoms with Crippen molar-refractivity contribution in [3.63, 3.8) is 0 Å². The summed E-state index contributed by atoms with van der Waals surface area (Å²) in [5.74, 6) is 0.634. The molecule has 1 atom stereocenters. The van der Waals surface area contributed by atoms with Crippen molar-refractivity contribution in [1.29, 1.82) is 0 Å². The van der Waals surface area contributed by atoms with Crippen LogP contribution in [0, 0.1) is 5.92 Å². The predicted molar refractivity (Wildman–Crippen MR) is 87.2 cm³/mol. The second-order valence-electron chi connectivity index (χ2n) is 6.75. The SMILES string of the molecule is CCCC1CNC(CC)(CC)CN1CCOCC(C)C. The van der Waals surface area contributed by atoms with Gasteiger partial charge in [-0.15, -0.1) is 0 Å². The standard InChI is InChI=1S/C17H36N2O/c1-6-9-16-12-18-17(7-2,8-3)14-19(16)10-11-20-13-15(4)5/h15-16,18H,6-14H2,1-5H3. The molecule has 1 unspecified atom stereocenters. The van der Waals surface area contributed by atoms with Crippen molar-refractivity contribution in [3.8, 4) is 0 Å². The number of rotatable bonds is 9. The third-order valence-electron chi connectivity index (χ3n) is 4.68. The van der Waals surface area contributed by atoms with Gasteiger partial charge in [-0.25, -0.2) is 0 Å². The smallest absolute Gasteiger partial charge is 0.0593 e. The molecule has 1 saturated heterocycles. The first-order valence-corrected chi connectivity index (χ1v) is 8.63. The van der Waals surface area contributed by atoms with Crippen molar-refractivity contribution in [2.24, 2.45) is 5.92 Å². The molecule has 0 aromatic heterocycles. The number of hydrogen-bond donors (Lipinski definition) is 1. The van der Waals surface area contributed by atoms with Gasteiger partial charge in [-0.2, -0.15) is 0 Å². The van der Waals surface area contributed by atoms with Crippen LogP contribution in [0.4, 0.5) is 0 Å². The monoisotopic (exact) mass is 284 g/mol. The van der Waals surface area contributed by atoms with E-state index in [2.05, 4.69) is 44.8 Å². The molecule has 3 heteroatoms. The first-order valence-electron chi connectivity index (χ1n) is 8.63. The van der Waals surface area contributed by atoms with Crippen LogP contribution in [-0.4, -0.2) is 49.3 Å². The van der Waals surface area contributed by atoms with Crippen molar-refractivity contribution >= 4 is 0 Å². The van der Waals surface area contributed by atoms with E-state index in [0.29, 0.717) is 17.5 Å². The molecular formula is C17H36N2O. The van der Waals surface area contributed by atoms with Crippen LogP contribution in [0.5, 0.6) is 0 Å². The zero-order valence-electron chi connectivity index (χ0n) is 14.4. The summed E-state index contributed by atoms with van der Waals surface area (Å²) in [5, 5.41) is 3.82. The topological polar surface area (TPSA) is 24.5 Å². The molecule has 1 N–H and O–H groups in total. The summed E-state index contributed by atoms with van der Waals surface area (Å²) in [6.07, 6.45) is 4.99. The van der Waals surface area contributed by atoms with Crippen molar-refractivity contribution in [2.45, 2.75) is 71.9 Å². The summed E-state index contributed by atoms with van der Waals surface area (Å²) in [4.78, 5) is 2.67. The fraction of sp³-hybridized carbons (Fsp3) is 1.00. The van der Waals surface area contributed by atoms with Crippen LogP contribution in [0.1, 0.15) is 60.3 Å². The Balaban J connectivity index is 2.50. The quantitative estimate of drug-likeness (QED) is 0.658. The fourth-order valence-electron chi connectivity index (χ4n) is 3.14. The lowest BCUT2D eigenvalue weighted by atomic mass is 9.88. The molecule has 0 bridgehead atoms. The minimum atomic E-state index is 0.322. The van der Waals surface area contributed by atoms with E-state index in [1.54, 1.807) is 0 Å². The van der Waals surface area contributed by atoms with E-state index in [0.717, 1.165) is 26.3 Å². The van der Waals surface area contributed by atoms with Crippen molar-refractivity contribution in [1.82, 2.24) is 10.2 Å². The molecule has 0 amide bonds. The minimum absolute atomic E-state index is 0.322. The Morgan fingerprint density at radius 2 is 1.95 bits per heavy atom. The molecule has 0 aliphatic carbocycles. The third-order valence-corrected chi connectivity index (χ3v) is 4.68. The maximum atomic E-state index is 5.80. The van der Waals surface area contributed by atoms with Crippen LogP contribution < -0.4 is 5.32 Å². The first kappa shape index (κ1) is 17.9. The lowest BCUT2D eigenvalue weighted by molar-refractivity contribution is 0.0286. The highest BCUT2D eigenvalue weighted by molar-refractivity contribution is 4.96. The molecule has 120 valence electrons. The van der Waals surface area contributed by atoms with Crippen LogP contribution >= 0.6 is 0 Å². The second-order valence-corrected chi connectivity index (χ2v) is 6.75. The van der Waals surface area contributed by atoms with Crippen molar-refractivity contribution < 1.29 is 4.74 Å². The molecule has 1 fully saturated rings. The summed E-state index contributed by atoms with van der Waals surface area (Å²) in [6.45, 7) is 16.5. The van der Waals surface area contributed by atoms with Gasteiger partial charge in [-0.1, -0.05) is 41.0 Å². The van der Waals surface area contributed by atoms with Crippen LogP contribution in [-0.2, 0) is 4.74 Å². The molecule has 3 nitrogen and oxygen atoms in total. The fourth-order valence-corrected chi connectivity index (χ4v) is 3.14. The summed E-state index contributed by atoms with van der Waals surface area (Å²) < 4.78 is 5.80. The average molecular weight is 284 g/mol. The highest BCUT2D eigenvalue weighted by Gasteiger charge is 2.35. The van der Waals surface area contributed by atoms with E-state index in [-0.39, 0.29) is 0 Å². The zero-order valence-corrected chi connectivity index (χ0v) is 14.4. The molecule has 0 spiro atoms. The molecule has 1 heterocycles. The number of piperazine rings is 1. The van der Waals surface area contributed by atoms with Gasteiger partial charge in [0.05, 0.1) is 6.61 Å². The van der Waals surface area contributed by atoms with Crippen LogP contribution in [0.3, 0.4) is 0 Å². The van der Waals surface area contributed by atoms with Gasteiger partial charge in [0.1, 0.15) is 0 Å². The molecule has 1 aliphatic rings. The molecule has 1 rings (SSSR count). The van der Waals surface area contributed by atoms with Gasteiger partial charge in [0.2, 0.25) is 0 Å². The van der Waals surface area contributed by atoms with Gasteiger partial charge in [0.25, 0.3) is 0 Å². The Bertz CT molecular complexity index is 251. The van der Waals surface area contributed by atoms with Gasteiger partial charge in [0, 0.05) is 37.8 Å². The van der Waals surface area contributed by atoms with Crippen LogP contribution in [0.15, 0.2) is 0 Å². The maximum absolute atomic E-state index is 5.80. The Kier molecular flexibility index (Phi) is 8.08. The predicted octanol–water partition coefficient (Wildman–Crippen LogP) is 3.29. The first-order chi connectivity index (χ1) is 9.56. The summed E-state index contributed by atoms with van der Waals surface area (Å²) >= 11 is 0. The molecule has 20 heavy (non-hydrogen) atoms. The van der Waals surface area contributed by atoms with Crippen LogP contribution in [0.2, 0.25) is 0 Å². The average Bonchev–Trinajstić information content (AvgIpc) is 2.45. The Hall–Kier alpha value is -0.120. The largest absolute Gasteiger partial charge is 0.380 e. The minimum Gasteiger partial charge on any atom is -0.380 e. The Morgan fingerprint density at radius 3 is 2.50 bits per heavy atom.